The standard InChI is InChI=1S/C22H17F4N5O/c1-22(2,12-27)8-6-13-10-14(7-9-28-13)31(11-17(24)25)20-18-16(30(3)21(32)29-20)5-4-15(23)19(18)26/h4-5,7,9-10,17H,11H2,1-3H3/i3D3. The molecule has 3 aromatic rings. The zero-order chi connectivity index (χ0) is 26.1. The van der Waals surface area contributed by atoms with Crippen molar-refractivity contribution in [3.8, 4) is 17.9 Å². The fourth-order valence-electron chi connectivity index (χ4n) is 2.79. The molecule has 10 heteroatoms. The van der Waals surface area contributed by atoms with Gasteiger partial charge < -0.3 is 4.90 Å². The van der Waals surface area contributed by atoms with Crippen LogP contribution in [0.2, 0.25) is 0 Å². The molecule has 3 rings (SSSR count). The molecule has 0 amide bonds. The van der Waals surface area contributed by atoms with Crippen molar-refractivity contribution < 1.29 is 21.7 Å². The number of alkyl halides is 2. The molecule has 0 aliphatic carbocycles. The van der Waals surface area contributed by atoms with Crippen molar-refractivity contribution >= 4 is 22.4 Å². The Balaban J connectivity index is 2.34. The molecule has 0 fully saturated rings. The van der Waals surface area contributed by atoms with Gasteiger partial charge in [0.25, 0.3) is 6.43 Å². The van der Waals surface area contributed by atoms with E-state index in [0.29, 0.717) is 6.07 Å². The summed E-state index contributed by atoms with van der Waals surface area (Å²) in [6.45, 7) is -1.10. The molecular weight excluding hydrogens is 426 g/mol. The highest BCUT2D eigenvalue weighted by Crippen LogP contribution is 2.32. The lowest BCUT2D eigenvalue weighted by atomic mass is 9.97. The highest BCUT2D eigenvalue weighted by Gasteiger charge is 2.24. The van der Waals surface area contributed by atoms with Gasteiger partial charge in [-0.05, 0) is 44.0 Å². The number of anilines is 2. The fourth-order valence-corrected chi connectivity index (χ4v) is 2.79. The average Bonchev–Trinajstić information content (AvgIpc) is 2.77. The van der Waals surface area contributed by atoms with Crippen LogP contribution in [0.5, 0.6) is 0 Å². The van der Waals surface area contributed by atoms with E-state index in [2.05, 4.69) is 21.8 Å². The number of fused-ring (bicyclic) bond motifs is 1. The number of nitrogens with zero attached hydrogens (tertiary/aromatic N) is 5. The van der Waals surface area contributed by atoms with E-state index in [9.17, 15) is 22.4 Å². The summed E-state index contributed by atoms with van der Waals surface area (Å²) in [5.74, 6) is 1.65. The number of aryl methyl sites for hydroxylation is 1. The maximum atomic E-state index is 14.9. The van der Waals surface area contributed by atoms with Gasteiger partial charge in [-0.2, -0.15) is 10.2 Å². The molecule has 0 aliphatic rings. The Morgan fingerprint density at radius 3 is 2.72 bits per heavy atom. The zero-order valence-electron chi connectivity index (χ0n) is 19.8. The zero-order valence-corrected chi connectivity index (χ0v) is 16.8. The summed E-state index contributed by atoms with van der Waals surface area (Å²) < 4.78 is 79.1. The lowest BCUT2D eigenvalue weighted by Gasteiger charge is -2.25. The third-order valence-corrected chi connectivity index (χ3v) is 4.34. The number of benzene rings is 1. The van der Waals surface area contributed by atoms with Crippen LogP contribution in [0.3, 0.4) is 0 Å². The first kappa shape index (κ1) is 18.8. The number of hydrogen-bond acceptors (Lipinski definition) is 5. The van der Waals surface area contributed by atoms with E-state index in [0.717, 1.165) is 11.0 Å². The molecule has 0 radical (unpaired) electrons. The van der Waals surface area contributed by atoms with Gasteiger partial charge in [0.15, 0.2) is 17.5 Å². The summed E-state index contributed by atoms with van der Waals surface area (Å²) in [4.78, 5) is 20.9. The van der Waals surface area contributed by atoms with Crippen molar-refractivity contribution in [1.29, 1.82) is 5.26 Å². The van der Waals surface area contributed by atoms with Crippen LogP contribution in [0, 0.1) is 40.2 Å². The molecule has 164 valence electrons. The molecule has 0 saturated heterocycles. The van der Waals surface area contributed by atoms with Gasteiger partial charge in [0.1, 0.15) is 11.1 Å². The Hall–Kier alpha value is -3.92. The summed E-state index contributed by atoms with van der Waals surface area (Å²) in [5.41, 5.74) is -2.94. The molecule has 0 aliphatic heterocycles. The van der Waals surface area contributed by atoms with E-state index in [1.165, 1.54) is 18.3 Å². The van der Waals surface area contributed by atoms with Gasteiger partial charge in [-0.15, -0.1) is 0 Å². The number of nitriles is 1. The smallest absolute Gasteiger partial charge is 0.320 e. The van der Waals surface area contributed by atoms with Gasteiger partial charge in [-0.25, -0.2) is 27.3 Å². The third kappa shape index (κ3) is 4.54. The Bertz CT molecular complexity index is 1450. The monoisotopic (exact) mass is 446 g/mol. The normalized spacial score (nSPS) is 13.0. The minimum atomic E-state index is -3.11. The molecule has 32 heavy (non-hydrogen) atoms. The number of hydrogen-bond donors (Lipinski definition) is 0. The molecule has 0 N–H and O–H groups in total. The molecule has 0 unspecified atom stereocenters. The predicted octanol–water partition coefficient (Wildman–Crippen LogP) is 3.91. The molecule has 2 heterocycles. The van der Waals surface area contributed by atoms with E-state index >= 15 is 0 Å². The molecular formula is C22H17F4N5O. The van der Waals surface area contributed by atoms with Crippen LogP contribution in [0.4, 0.5) is 29.1 Å². The van der Waals surface area contributed by atoms with E-state index in [4.69, 9.17) is 9.37 Å². The Labute approximate surface area is 185 Å². The van der Waals surface area contributed by atoms with Crippen molar-refractivity contribution in [3.63, 3.8) is 0 Å². The second kappa shape index (κ2) is 8.67. The molecule has 2 aromatic heterocycles. The first-order valence-electron chi connectivity index (χ1n) is 10.6. The van der Waals surface area contributed by atoms with Gasteiger partial charge in [-0.3, -0.25) is 4.57 Å². The summed E-state index contributed by atoms with van der Waals surface area (Å²) in [5, 5.41) is 8.34. The van der Waals surface area contributed by atoms with Crippen LogP contribution < -0.4 is 10.6 Å². The first-order chi connectivity index (χ1) is 16.2. The van der Waals surface area contributed by atoms with Crippen LogP contribution in [0.25, 0.3) is 10.9 Å². The molecule has 0 spiro atoms. The molecule has 0 saturated carbocycles. The first-order valence-corrected chi connectivity index (χ1v) is 9.12. The van der Waals surface area contributed by atoms with E-state index in [1.54, 1.807) is 13.8 Å². The van der Waals surface area contributed by atoms with Crippen molar-refractivity contribution in [3.05, 3.63) is 58.3 Å². The quantitative estimate of drug-likeness (QED) is 0.449. The van der Waals surface area contributed by atoms with Gasteiger partial charge in [0.2, 0.25) is 0 Å². The molecule has 0 atom stereocenters. The van der Waals surface area contributed by atoms with Crippen molar-refractivity contribution in [1.82, 2.24) is 14.5 Å². The summed E-state index contributed by atoms with van der Waals surface area (Å²) in [7, 11) is 0. The van der Waals surface area contributed by atoms with Gasteiger partial charge in [-0.1, -0.05) is 5.92 Å². The lowest BCUT2D eigenvalue weighted by Crippen LogP contribution is -2.30. The van der Waals surface area contributed by atoms with Crippen LogP contribution in [0.15, 0.2) is 35.3 Å². The molecule has 6 nitrogen and oxygen atoms in total. The lowest BCUT2D eigenvalue weighted by molar-refractivity contribution is 0.157. The highest BCUT2D eigenvalue weighted by atomic mass is 19.3. The summed E-state index contributed by atoms with van der Waals surface area (Å²) in [6, 6.07) is 5.95. The van der Waals surface area contributed by atoms with E-state index in [1.807, 2.05) is 6.07 Å². The minimum absolute atomic E-state index is 0.0529. The van der Waals surface area contributed by atoms with Crippen molar-refractivity contribution in [2.24, 2.45) is 12.4 Å². The Kier molecular flexibility index (Phi) is 5.10. The topological polar surface area (TPSA) is 74.8 Å². The Morgan fingerprint density at radius 1 is 1.31 bits per heavy atom. The van der Waals surface area contributed by atoms with Gasteiger partial charge in [0, 0.05) is 23.0 Å². The van der Waals surface area contributed by atoms with Crippen molar-refractivity contribution in [2.75, 3.05) is 11.4 Å². The van der Waals surface area contributed by atoms with Crippen LogP contribution in [-0.2, 0) is 6.98 Å². The van der Waals surface area contributed by atoms with Gasteiger partial charge >= 0.3 is 5.69 Å². The van der Waals surface area contributed by atoms with Crippen molar-refractivity contribution in [2.45, 2.75) is 20.3 Å². The van der Waals surface area contributed by atoms with Gasteiger partial charge in [0.05, 0.1) is 23.5 Å². The van der Waals surface area contributed by atoms with E-state index < -0.39 is 59.4 Å². The van der Waals surface area contributed by atoms with Crippen LogP contribution in [-0.4, -0.2) is 27.5 Å². The predicted molar refractivity (Wildman–Crippen MR) is 110 cm³/mol. The SMILES string of the molecule is [2H]C([2H])([2H])n1c(=O)nc(N(CC(F)F)c2ccnc(C#CC(C)(C)C#N)c2)c2c(F)c(F)ccc21. The van der Waals surface area contributed by atoms with E-state index in [-0.39, 0.29) is 15.9 Å². The molecule has 1 aromatic carbocycles. The Morgan fingerprint density at radius 2 is 2.06 bits per heavy atom. The van der Waals surface area contributed by atoms with Crippen LogP contribution >= 0.6 is 0 Å². The average molecular weight is 446 g/mol. The maximum absolute atomic E-state index is 14.9. The number of pyridine rings is 1. The third-order valence-electron chi connectivity index (χ3n) is 4.34. The van der Waals surface area contributed by atoms with Crippen LogP contribution in [0.1, 0.15) is 23.7 Å². The fraction of sp³-hybridized carbons (Fsp3) is 0.273. The summed E-state index contributed by atoms with van der Waals surface area (Å²) >= 11 is 0. The summed E-state index contributed by atoms with van der Waals surface area (Å²) in [6.07, 6.45) is -1.81. The second-order valence-corrected chi connectivity index (χ2v) is 7.20. The maximum Gasteiger partial charge on any atom is 0.349 e. The number of halogens is 4. The second-order valence-electron chi connectivity index (χ2n) is 7.20. The largest absolute Gasteiger partial charge is 0.349 e. The molecule has 0 bridgehead atoms. The highest BCUT2D eigenvalue weighted by molar-refractivity contribution is 5.92. The number of rotatable bonds is 4. The minimum Gasteiger partial charge on any atom is -0.320 e. The number of aromatic nitrogens is 3.